The van der Waals surface area contributed by atoms with Crippen molar-refractivity contribution in [3.8, 4) is 0 Å². The van der Waals surface area contributed by atoms with Gasteiger partial charge < -0.3 is 0 Å². The Hall–Kier alpha value is -0.820. The van der Waals surface area contributed by atoms with Crippen molar-refractivity contribution in [3.63, 3.8) is 0 Å². The number of benzene rings is 1. The molecule has 0 aliphatic carbocycles. The second-order valence-electron chi connectivity index (χ2n) is 3.58. The summed E-state index contributed by atoms with van der Waals surface area (Å²) in [5, 5.41) is 0. The molecule has 0 fully saturated rings. The quantitative estimate of drug-likeness (QED) is 0.734. The lowest BCUT2D eigenvalue weighted by Gasteiger charge is -2.18. The van der Waals surface area contributed by atoms with Gasteiger partial charge in [0.25, 0.3) is 0 Å². The van der Waals surface area contributed by atoms with E-state index in [4.69, 9.17) is 0 Å². The monoisotopic (exact) mass is 179 g/mol. The first-order valence-corrected chi connectivity index (χ1v) is 4.80. The number of hydrogen-bond donors (Lipinski definition) is 1. The molecule has 1 aromatic carbocycles. The van der Waals surface area contributed by atoms with E-state index in [0.717, 1.165) is 5.92 Å². The molecule has 1 nitrogen and oxygen atoms in total. The third-order valence-electron chi connectivity index (χ3n) is 2.82. The predicted molar refractivity (Wildman–Crippen MR) is 56.2 cm³/mol. The molecule has 0 aliphatic heterocycles. The Balaban J connectivity index is 0.00000144. The van der Waals surface area contributed by atoms with Gasteiger partial charge in [-0.2, -0.15) is 0 Å². The molecule has 0 saturated heterocycles. The fourth-order valence-corrected chi connectivity index (χ4v) is 1.44. The van der Waals surface area contributed by atoms with Crippen LogP contribution in [0.1, 0.15) is 38.7 Å². The van der Waals surface area contributed by atoms with Gasteiger partial charge in [-0.15, -0.1) is 0 Å². The minimum Gasteiger partial charge on any atom is -0.255 e. The molecule has 0 heterocycles. The second kappa shape index (κ2) is 5.76. The second-order valence-corrected chi connectivity index (χ2v) is 3.58. The molecule has 1 rings (SSSR count). The zero-order valence-corrected chi connectivity index (χ0v) is 8.70. The lowest BCUT2D eigenvalue weighted by atomic mass is 9.87. The maximum absolute atomic E-state index is 2.32. The predicted octanol–water partition coefficient (Wildman–Crippen LogP) is 3.66. The summed E-state index contributed by atoms with van der Waals surface area (Å²) in [4.78, 5) is 0. The van der Waals surface area contributed by atoms with Crippen molar-refractivity contribution in [1.82, 2.24) is 0 Å². The van der Waals surface area contributed by atoms with Crippen LogP contribution < -0.4 is 0 Å². The van der Waals surface area contributed by atoms with Gasteiger partial charge in [-0.3, -0.25) is 5.48 Å². The molecule has 0 spiro atoms. The largest absolute Gasteiger partial charge is 0.255 e. The highest BCUT2D eigenvalue weighted by molar-refractivity contribution is 5.19. The van der Waals surface area contributed by atoms with Crippen molar-refractivity contribution < 1.29 is 5.48 Å². The van der Waals surface area contributed by atoms with E-state index in [0.29, 0.717) is 5.92 Å². The maximum Gasteiger partial charge on any atom is -0.0165 e. The standard InChI is InChI=1S/C12H18.HO/c1-4-10(2)11(3)12-8-6-5-7-9-12;/h5-11H,4H2,1-3H3;1H. The molecule has 0 amide bonds. The fraction of sp³-hybridized carbons (Fsp3) is 0.500. The van der Waals surface area contributed by atoms with Crippen LogP contribution >= 0.6 is 0 Å². The first-order chi connectivity index (χ1) is 5.75. The van der Waals surface area contributed by atoms with Crippen LogP contribution in [0.3, 0.4) is 0 Å². The third kappa shape index (κ3) is 3.19. The van der Waals surface area contributed by atoms with Crippen molar-refractivity contribution in [1.29, 1.82) is 0 Å². The smallest absolute Gasteiger partial charge is 0.0165 e. The van der Waals surface area contributed by atoms with Crippen LogP contribution in [-0.4, -0.2) is 5.48 Å². The molecule has 0 aliphatic rings. The number of hydrogen-bond acceptors (Lipinski definition) is 0. The Morgan fingerprint density at radius 3 is 2.08 bits per heavy atom. The van der Waals surface area contributed by atoms with Gasteiger partial charge in [-0.25, -0.2) is 0 Å². The van der Waals surface area contributed by atoms with Crippen molar-refractivity contribution in [2.75, 3.05) is 0 Å². The van der Waals surface area contributed by atoms with Crippen molar-refractivity contribution in [2.45, 2.75) is 33.1 Å². The van der Waals surface area contributed by atoms with Crippen molar-refractivity contribution in [2.24, 2.45) is 5.92 Å². The van der Waals surface area contributed by atoms with E-state index in [2.05, 4.69) is 51.1 Å². The van der Waals surface area contributed by atoms with Crippen LogP contribution in [0.25, 0.3) is 0 Å². The molecular weight excluding hydrogens is 160 g/mol. The highest BCUT2D eigenvalue weighted by Crippen LogP contribution is 2.25. The van der Waals surface area contributed by atoms with Gasteiger partial charge in [0.15, 0.2) is 0 Å². The van der Waals surface area contributed by atoms with Crippen LogP contribution in [0.15, 0.2) is 30.3 Å². The van der Waals surface area contributed by atoms with Crippen molar-refractivity contribution >= 4 is 0 Å². The molecule has 1 N–H and O–H groups in total. The normalized spacial score (nSPS) is 14.4. The van der Waals surface area contributed by atoms with E-state index < -0.39 is 0 Å². The molecule has 2 unspecified atom stereocenters. The van der Waals surface area contributed by atoms with Crippen LogP contribution in [-0.2, 0) is 0 Å². The third-order valence-corrected chi connectivity index (χ3v) is 2.82. The first kappa shape index (κ1) is 12.2. The summed E-state index contributed by atoms with van der Waals surface area (Å²) in [6.45, 7) is 6.88. The van der Waals surface area contributed by atoms with Gasteiger partial charge in [-0.05, 0) is 17.4 Å². The van der Waals surface area contributed by atoms with Gasteiger partial charge in [0.2, 0.25) is 0 Å². The zero-order valence-electron chi connectivity index (χ0n) is 8.70. The first-order valence-electron chi connectivity index (χ1n) is 4.80. The molecule has 0 saturated carbocycles. The molecule has 1 aromatic rings. The molecule has 2 atom stereocenters. The van der Waals surface area contributed by atoms with Gasteiger partial charge in [0.1, 0.15) is 0 Å². The molecule has 0 bridgehead atoms. The lowest BCUT2D eigenvalue weighted by Crippen LogP contribution is -2.04. The van der Waals surface area contributed by atoms with Gasteiger partial charge >= 0.3 is 0 Å². The SMILES string of the molecule is CCC(C)C(C)c1ccccc1.[OH]. The van der Waals surface area contributed by atoms with Gasteiger partial charge in [-0.1, -0.05) is 57.5 Å². The molecular formula is C12H19O. The Labute approximate surface area is 81.1 Å². The van der Waals surface area contributed by atoms with Crippen molar-refractivity contribution in [3.05, 3.63) is 35.9 Å². The van der Waals surface area contributed by atoms with E-state index in [1.54, 1.807) is 0 Å². The lowest BCUT2D eigenvalue weighted by molar-refractivity contribution is 0.473. The Morgan fingerprint density at radius 1 is 1.08 bits per heavy atom. The molecule has 0 aromatic heterocycles. The minimum atomic E-state index is 0. The summed E-state index contributed by atoms with van der Waals surface area (Å²) in [6.07, 6.45) is 1.26. The van der Waals surface area contributed by atoms with Crippen LogP contribution in [0.2, 0.25) is 0 Å². The van der Waals surface area contributed by atoms with Gasteiger partial charge in [0, 0.05) is 0 Å². The zero-order chi connectivity index (χ0) is 8.97. The minimum absolute atomic E-state index is 0. The topological polar surface area (TPSA) is 30.0 Å². The van der Waals surface area contributed by atoms with Gasteiger partial charge in [0.05, 0.1) is 0 Å². The summed E-state index contributed by atoms with van der Waals surface area (Å²) in [5.74, 6) is 1.48. The van der Waals surface area contributed by atoms with Crippen LogP contribution in [0, 0.1) is 5.92 Å². The Kier molecular flexibility index (Phi) is 5.40. The summed E-state index contributed by atoms with van der Waals surface area (Å²) < 4.78 is 0. The van der Waals surface area contributed by atoms with Crippen LogP contribution in [0.5, 0.6) is 0 Å². The Morgan fingerprint density at radius 2 is 1.62 bits per heavy atom. The van der Waals surface area contributed by atoms with E-state index in [1.807, 2.05) is 0 Å². The summed E-state index contributed by atoms with van der Waals surface area (Å²) >= 11 is 0. The van der Waals surface area contributed by atoms with E-state index >= 15 is 0 Å². The average molecular weight is 179 g/mol. The fourth-order valence-electron chi connectivity index (χ4n) is 1.44. The van der Waals surface area contributed by atoms with E-state index in [9.17, 15) is 0 Å². The van der Waals surface area contributed by atoms with Crippen LogP contribution in [0.4, 0.5) is 0 Å². The molecule has 1 heteroatoms. The molecule has 73 valence electrons. The van der Waals surface area contributed by atoms with E-state index in [1.165, 1.54) is 12.0 Å². The number of rotatable bonds is 3. The summed E-state index contributed by atoms with van der Waals surface area (Å²) in [7, 11) is 0. The molecule has 13 heavy (non-hydrogen) atoms. The highest BCUT2D eigenvalue weighted by atomic mass is 16.0. The van der Waals surface area contributed by atoms with E-state index in [-0.39, 0.29) is 5.48 Å². The maximum atomic E-state index is 2.32. The average Bonchev–Trinajstić information content (AvgIpc) is 2.17. The highest BCUT2D eigenvalue weighted by Gasteiger charge is 2.10. The summed E-state index contributed by atoms with van der Waals surface area (Å²) in [6, 6.07) is 10.8. The summed E-state index contributed by atoms with van der Waals surface area (Å²) in [5.41, 5.74) is 1.46. The molecule has 1 radical (unpaired) electrons. The Bertz CT molecular complexity index is 218.